The van der Waals surface area contributed by atoms with Crippen molar-refractivity contribution in [3.05, 3.63) is 0 Å². The van der Waals surface area contributed by atoms with Gasteiger partial charge in [-0.05, 0) is 30.8 Å². The molecular formula is C10H20N2O5S2. The zero-order valence-electron chi connectivity index (χ0n) is 10.8. The van der Waals surface area contributed by atoms with E-state index in [4.69, 9.17) is 10.8 Å². The maximum Gasteiger partial charge on any atom is 0.303 e. The first-order chi connectivity index (χ1) is 8.72. The molecule has 4 N–H and O–H groups in total. The molecule has 0 aromatic heterocycles. The number of nitrogens with one attached hydrogen (secondary N) is 1. The fourth-order valence-electron chi connectivity index (χ4n) is 1.18. The zero-order chi connectivity index (χ0) is 14.9. The molecule has 1 atom stereocenters. The van der Waals surface area contributed by atoms with E-state index in [1.807, 2.05) is 4.72 Å². The lowest BCUT2D eigenvalue weighted by atomic mass is 10.2. The predicted molar refractivity (Wildman–Crippen MR) is 74.4 cm³/mol. The van der Waals surface area contributed by atoms with Crippen molar-refractivity contribution in [2.45, 2.75) is 31.7 Å². The zero-order valence-corrected chi connectivity index (χ0v) is 12.4. The lowest BCUT2D eigenvalue weighted by molar-refractivity contribution is -0.137. The van der Waals surface area contributed by atoms with E-state index < -0.39 is 27.9 Å². The van der Waals surface area contributed by atoms with Gasteiger partial charge in [0.25, 0.3) is 0 Å². The number of nitrogens with two attached hydrogens (primary N) is 1. The van der Waals surface area contributed by atoms with Crippen molar-refractivity contribution in [2.75, 3.05) is 17.8 Å². The second kappa shape index (κ2) is 9.16. The van der Waals surface area contributed by atoms with Crippen LogP contribution < -0.4 is 10.5 Å². The molecule has 0 aliphatic heterocycles. The van der Waals surface area contributed by atoms with Crippen LogP contribution in [0.2, 0.25) is 0 Å². The number of aliphatic carboxylic acids is 1. The lowest BCUT2D eigenvalue weighted by Crippen LogP contribution is -2.43. The van der Waals surface area contributed by atoms with Gasteiger partial charge in [-0.25, -0.2) is 8.42 Å². The van der Waals surface area contributed by atoms with E-state index in [1.165, 1.54) is 0 Å². The van der Waals surface area contributed by atoms with Gasteiger partial charge in [-0.1, -0.05) is 0 Å². The molecule has 112 valence electrons. The molecule has 0 radical (unpaired) electrons. The van der Waals surface area contributed by atoms with Crippen LogP contribution >= 0.6 is 11.8 Å². The number of hydrogen-bond donors (Lipinski definition) is 3. The van der Waals surface area contributed by atoms with E-state index in [2.05, 4.69) is 0 Å². The molecule has 7 nitrogen and oxygen atoms in total. The van der Waals surface area contributed by atoms with Crippen molar-refractivity contribution in [1.82, 2.24) is 4.72 Å². The first kappa shape index (κ1) is 18.2. The highest BCUT2D eigenvalue weighted by Gasteiger charge is 2.16. The Morgan fingerprint density at radius 2 is 1.95 bits per heavy atom. The molecule has 0 aliphatic carbocycles. The summed E-state index contributed by atoms with van der Waals surface area (Å²) in [6, 6.07) is -0.846. The molecule has 0 rings (SSSR count). The van der Waals surface area contributed by atoms with Crippen LogP contribution in [-0.2, 0) is 19.6 Å². The third kappa shape index (κ3) is 12.0. The number of thioether (sulfide) groups is 1. The Morgan fingerprint density at radius 1 is 1.32 bits per heavy atom. The average Bonchev–Trinajstić information content (AvgIpc) is 2.24. The third-order valence-corrected chi connectivity index (χ3v) is 3.80. The smallest absolute Gasteiger partial charge is 0.303 e. The van der Waals surface area contributed by atoms with Crippen LogP contribution in [-0.4, -0.2) is 49.2 Å². The van der Waals surface area contributed by atoms with Crippen LogP contribution in [0.25, 0.3) is 0 Å². The summed E-state index contributed by atoms with van der Waals surface area (Å²) in [5.41, 5.74) is 5.54. The van der Waals surface area contributed by atoms with Gasteiger partial charge in [0.2, 0.25) is 15.9 Å². The number of rotatable bonds is 10. The Bertz CT molecular complexity index is 397. The summed E-state index contributed by atoms with van der Waals surface area (Å²) in [5, 5.41) is 8.43. The molecule has 0 spiro atoms. The Balaban J connectivity index is 3.61. The molecule has 1 unspecified atom stereocenters. The maximum absolute atomic E-state index is 11.3. The summed E-state index contributed by atoms with van der Waals surface area (Å²) < 4.78 is 23.4. The van der Waals surface area contributed by atoms with Crippen molar-refractivity contribution < 1.29 is 23.1 Å². The number of carbonyl (C=O) groups excluding carboxylic acids is 1. The molecule has 0 heterocycles. The van der Waals surface area contributed by atoms with E-state index in [1.54, 1.807) is 11.8 Å². The highest BCUT2D eigenvalue weighted by atomic mass is 32.2. The molecule has 0 fully saturated rings. The number of carboxylic acid groups (broad SMARTS) is 1. The first-order valence-corrected chi connectivity index (χ1v) is 8.83. The molecule has 0 aliphatic rings. The molecule has 9 heteroatoms. The van der Waals surface area contributed by atoms with Crippen molar-refractivity contribution in [3.8, 4) is 0 Å². The fourth-order valence-corrected chi connectivity index (χ4v) is 2.73. The van der Waals surface area contributed by atoms with Crippen LogP contribution in [0.1, 0.15) is 25.7 Å². The van der Waals surface area contributed by atoms with Crippen molar-refractivity contribution in [3.63, 3.8) is 0 Å². The standard InChI is InChI=1S/C10H20N2O5S2/c1-19(16,17)12-10(15)8(11)5-7-18-6-3-2-4-9(13)14/h8H,2-7,11H2,1H3,(H,12,15)(H,13,14). The van der Waals surface area contributed by atoms with Gasteiger partial charge in [0, 0.05) is 6.42 Å². The largest absolute Gasteiger partial charge is 0.481 e. The van der Waals surface area contributed by atoms with Gasteiger partial charge in [0.15, 0.2) is 0 Å². The van der Waals surface area contributed by atoms with Crippen LogP contribution in [0.5, 0.6) is 0 Å². The third-order valence-electron chi connectivity index (χ3n) is 2.13. The molecule has 1 amide bonds. The van der Waals surface area contributed by atoms with E-state index in [-0.39, 0.29) is 6.42 Å². The van der Waals surface area contributed by atoms with Crippen molar-refractivity contribution in [2.24, 2.45) is 5.73 Å². The van der Waals surface area contributed by atoms with Crippen LogP contribution in [0.15, 0.2) is 0 Å². The minimum Gasteiger partial charge on any atom is -0.481 e. The number of sulfonamides is 1. The van der Waals surface area contributed by atoms with Crippen molar-refractivity contribution in [1.29, 1.82) is 0 Å². The summed E-state index contributed by atoms with van der Waals surface area (Å²) in [6.07, 6.45) is 2.86. The molecule has 19 heavy (non-hydrogen) atoms. The Hall–Kier alpha value is -0.800. The van der Waals surface area contributed by atoms with Gasteiger partial charge in [0.1, 0.15) is 0 Å². The average molecular weight is 312 g/mol. The van der Waals surface area contributed by atoms with E-state index in [0.717, 1.165) is 18.4 Å². The normalized spacial score (nSPS) is 12.9. The Morgan fingerprint density at radius 3 is 2.47 bits per heavy atom. The summed E-state index contributed by atoms with van der Waals surface area (Å²) in [6.45, 7) is 0. The van der Waals surface area contributed by atoms with Crippen LogP contribution in [0.4, 0.5) is 0 Å². The topological polar surface area (TPSA) is 127 Å². The molecule has 0 saturated heterocycles. The van der Waals surface area contributed by atoms with Gasteiger partial charge in [-0.3, -0.25) is 14.3 Å². The fraction of sp³-hybridized carbons (Fsp3) is 0.800. The number of carboxylic acids is 1. The van der Waals surface area contributed by atoms with E-state index >= 15 is 0 Å². The SMILES string of the molecule is CS(=O)(=O)NC(=O)C(N)CCSCCCCC(=O)O. The molecule has 0 bridgehead atoms. The Labute approximate surface area is 117 Å². The van der Waals surface area contributed by atoms with Gasteiger partial charge < -0.3 is 10.8 Å². The summed E-state index contributed by atoms with van der Waals surface area (Å²) in [7, 11) is -3.56. The number of carbonyl (C=O) groups is 2. The van der Waals surface area contributed by atoms with Gasteiger partial charge in [-0.15, -0.1) is 0 Å². The summed E-state index contributed by atoms with van der Waals surface area (Å²) >= 11 is 1.57. The van der Waals surface area contributed by atoms with Crippen LogP contribution in [0.3, 0.4) is 0 Å². The van der Waals surface area contributed by atoms with Crippen LogP contribution in [0, 0.1) is 0 Å². The molecule has 0 aromatic rings. The lowest BCUT2D eigenvalue weighted by Gasteiger charge is -2.10. The van der Waals surface area contributed by atoms with Crippen molar-refractivity contribution >= 4 is 33.7 Å². The van der Waals surface area contributed by atoms with Gasteiger partial charge in [-0.2, -0.15) is 11.8 Å². The highest BCUT2D eigenvalue weighted by molar-refractivity contribution is 7.99. The number of amides is 1. The predicted octanol–water partition coefficient (Wildman–Crippen LogP) is -0.232. The maximum atomic E-state index is 11.3. The van der Waals surface area contributed by atoms with E-state index in [9.17, 15) is 18.0 Å². The number of hydrogen-bond acceptors (Lipinski definition) is 6. The Kier molecular flexibility index (Phi) is 8.77. The number of unbranched alkanes of at least 4 members (excludes halogenated alkanes) is 1. The molecule has 0 aromatic carbocycles. The first-order valence-electron chi connectivity index (χ1n) is 5.79. The van der Waals surface area contributed by atoms with Gasteiger partial charge in [0.05, 0.1) is 12.3 Å². The molecule has 0 saturated carbocycles. The summed E-state index contributed by atoms with van der Waals surface area (Å²) in [4.78, 5) is 21.6. The highest BCUT2D eigenvalue weighted by Crippen LogP contribution is 2.08. The van der Waals surface area contributed by atoms with E-state index in [0.29, 0.717) is 18.6 Å². The second-order valence-corrected chi connectivity index (χ2v) is 7.07. The second-order valence-electron chi connectivity index (χ2n) is 4.10. The monoisotopic (exact) mass is 312 g/mol. The van der Waals surface area contributed by atoms with Gasteiger partial charge >= 0.3 is 5.97 Å². The minimum atomic E-state index is -3.56. The molecular weight excluding hydrogens is 292 g/mol. The minimum absolute atomic E-state index is 0.164. The quantitative estimate of drug-likeness (QED) is 0.475. The summed E-state index contributed by atoms with van der Waals surface area (Å²) in [5.74, 6) is -0.0718.